The maximum absolute atomic E-state index is 13.1. The molecule has 0 saturated carbocycles. The van der Waals surface area contributed by atoms with E-state index >= 15 is 0 Å². The molecule has 0 aromatic heterocycles. The summed E-state index contributed by atoms with van der Waals surface area (Å²) in [5, 5.41) is 9.08. The van der Waals surface area contributed by atoms with Crippen molar-refractivity contribution < 1.29 is 9.59 Å². The van der Waals surface area contributed by atoms with Gasteiger partial charge in [0.1, 0.15) is 6.04 Å². The first-order valence-corrected chi connectivity index (χ1v) is 12.0. The number of amides is 2. The second kappa shape index (κ2) is 12.9. The van der Waals surface area contributed by atoms with Crippen molar-refractivity contribution in [2.75, 3.05) is 43.6 Å². The molecule has 7 nitrogen and oxygen atoms in total. The van der Waals surface area contributed by atoms with Gasteiger partial charge in [0.05, 0.1) is 11.4 Å². The van der Waals surface area contributed by atoms with Crippen LogP contribution in [0.1, 0.15) is 17.2 Å². The number of hydrogen-bond acceptors (Lipinski definition) is 5. The summed E-state index contributed by atoms with van der Waals surface area (Å²) >= 11 is 3.41. The van der Waals surface area contributed by atoms with Crippen molar-refractivity contribution in [1.82, 2.24) is 10.2 Å². The SMILES string of the molecule is CN(C)CCNC(C(=O)Nc1ccc(Br)cc1)c1ccc(C=CC(=O)Nc2ccccc2N)cc1. The number of benzene rings is 3. The van der Waals surface area contributed by atoms with Gasteiger partial charge in [-0.25, -0.2) is 0 Å². The van der Waals surface area contributed by atoms with E-state index in [0.29, 0.717) is 17.9 Å². The van der Waals surface area contributed by atoms with Gasteiger partial charge in [-0.3, -0.25) is 9.59 Å². The number of nitrogen functional groups attached to an aromatic ring is 1. The Balaban J connectivity index is 1.68. The van der Waals surface area contributed by atoms with Gasteiger partial charge in [-0.05, 0) is 67.7 Å². The Bertz CT molecular complexity index is 1160. The van der Waals surface area contributed by atoms with Gasteiger partial charge in [0.25, 0.3) is 0 Å². The van der Waals surface area contributed by atoms with Crippen LogP contribution in [-0.4, -0.2) is 43.9 Å². The van der Waals surface area contributed by atoms with Crippen molar-refractivity contribution in [1.29, 1.82) is 0 Å². The van der Waals surface area contributed by atoms with Gasteiger partial charge in [-0.2, -0.15) is 0 Å². The number of para-hydroxylation sites is 2. The van der Waals surface area contributed by atoms with Gasteiger partial charge in [-0.15, -0.1) is 0 Å². The first-order chi connectivity index (χ1) is 16.8. The Morgan fingerprint density at radius 2 is 1.66 bits per heavy atom. The van der Waals surface area contributed by atoms with E-state index in [1.807, 2.05) is 74.8 Å². The first-order valence-electron chi connectivity index (χ1n) is 11.2. The molecule has 1 atom stereocenters. The second-order valence-corrected chi connectivity index (χ2v) is 9.18. The first kappa shape index (κ1) is 26.2. The fourth-order valence-electron chi connectivity index (χ4n) is 3.30. The van der Waals surface area contributed by atoms with Crippen molar-refractivity contribution >= 4 is 50.9 Å². The highest BCUT2D eigenvalue weighted by atomic mass is 79.9. The van der Waals surface area contributed by atoms with Crippen LogP contribution in [0, 0.1) is 0 Å². The largest absolute Gasteiger partial charge is 0.397 e. The molecule has 0 aliphatic heterocycles. The molecule has 0 radical (unpaired) electrons. The van der Waals surface area contributed by atoms with Crippen molar-refractivity contribution in [3.8, 4) is 0 Å². The Hall–Kier alpha value is -3.46. The van der Waals surface area contributed by atoms with Crippen molar-refractivity contribution in [2.24, 2.45) is 0 Å². The minimum Gasteiger partial charge on any atom is -0.397 e. The molecule has 3 aromatic carbocycles. The smallest absolute Gasteiger partial charge is 0.248 e. The average molecular weight is 536 g/mol. The summed E-state index contributed by atoms with van der Waals surface area (Å²) in [5.41, 5.74) is 9.34. The number of anilines is 3. The second-order valence-electron chi connectivity index (χ2n) is 8.26. The number of carbonyl (C=O) groups excluding carboxylic acids is 2. The van der Waals surface area contributed by atoms with E-state index in [2.05, 4.69) is 36.8 Å². The topological polar surface area (TPSA) is 99.5 Å². The Morgan fingerprint density at radius 1 is 0.971 bits per heavy atom. The molecular formula is C27H30BrN5O2. The maximum atomic E-state index is 13.1. The predicted molar refractivity (Wildman–Crippen MR) is 147 cm³/mol. The fourth-order valence-corrected chi connectivity index (χ4v) is 3.56. The van der Waals surface area contributed by atoms with Gasteiger partial charge in [0.2, 0.25) is 11.8 Å². The van der Waals surface area contributed by atoms with Crippen LogP contribution in [0.5, 0.6) is 0 Å². The number of nitrogens with zero attached hydrogens (tertiary/aromatic N) is 1. The zero-order valence-electron chi connectivity index (χ0n) is 19.8. The molecule has 0 fully saturated rings. The van der Waals surface area contributed by atoms with E-state index in [9.17, 15) is 9.59 Å². The zero-order valence-corrected chi connectivity index (χ0v) is 21.4. The van der Waals surface area contributed by atoms with Crippen LogP contribution >= 0.6 is 15.9 Å². The summed E-state index contributed by atoms with van der Waals surface area (Å²) < 4.78 is 0.945. The van der Waals surface area contributed by atoms with Gasteiger partial charge in [0.15, 0.2) is 0 Å². The molecule has 0 aliphatic rings. The number of carbonyl (C=O) groups is 2. The lowest BCUT2D eigenvalue weighted by Crippen LogP contribution is -2.36. The van der Waals surface area contributed by atoms with Crippen LogP contribution in [0.3, 0.4) is 0 Å². The fraction of sp³-hybridized carbons (Fsp3) is 0.185. The number of hydrogen-bond donors (Lipinski definition) is 4. The van der Waals surface area contributed by atoms with Crippen molar-refractivity contribution in [3.63, 3.8) is 0 Å². The highest BCUT2D eigenvalue weighted by Gasteiger charge is 2.20. The van der Waals surface area contributed by atoms with Gasteiger partial charge in [-0.1, -0.05) is 52.3 Å². The standard InChI is InChI=1S/C27H30BrN5O2/c1-33(2)18-17-30-26(27(35)31-22-14-12-21(28)13-15-22)20-10-7-19(8-11-20)9-16-25(34)32-24-6-4-3-5-23(24)29/h3-16,26,30H,17-18,29H2,1-2H3,(H,31,35)(H,32,34). The van der Waals surface area contributed by atoms with E-state index in [-0.39, 0.29) is 11.8 Å². The lowest BCUT2D eigenvalue weighted by molar-refractivity contribution is -0.118. The number of rotatable bonds is 10. The Labute approximate surface area is 214 Å². The monoisotopic (exact) mass is 535 g/mol. The molecular weight excluding hydrogens is 506 g/mol. The number of nitrogens with two attached hydrogens (primary N) is 1. The normalized spacial score (nSPS) is 12.0. The molecule has 3 aromatic rings. The molecule has 3 rings (SSSR count). The van der Waals surface area contributed by atoms with Crippen molar-refractivity contribution in [2.45, 2.75) is 6.04 Å². The molecule has 1 unspecified atom stereocenters. The minimum absolute atomic E-state index is 0.144. The summed E-state index contributed by atoms with van der Waals surface area (Å²) in [4.78, 5) is 27.4. The lowest BCUT2D eigenvalue weighted by atomic mass is 10.0. The third-order valence-corrected chi connectivity index (χ3v) is 5.73. The van der Waals surface area contributed by atoms with Gasteiger partial charge >= 0.3 is 0 Å². The highest BCUT2D eigenvalue weighted by molar-refractivity contribution is 9.10. The van der Waals surface area contributed by atoms with Crippen LogP contribution in [-0.2, 0) is 9.59 Å². The zero-order chi connectivity index (χ0) is 25.2. The van der Waals surface area contributed by atoms with Crippen molar-refractivity contribution in [3.05, 3.63) is 94.5 Å². The number of halogens is 1. The van der Waals surface area contributed by atoms with E-state index in [4.69, 9.17) is 5.73 Å². The van der Waals surface area contributed by atoms with Crippen LogP contribution < -0.4 is 21.7 Å². The molecule has 0 aliphatic carbocycles. The highest BCUT2D eigenvalue weighted by Crippen LogP contribution is 2.20. The molecule has 35 heavy (non-hydrogen) atoms. The van der Waals surface area contributed by atoms with Gasteiger partial charge < -0.3 is 26.6 Å². The molecule has 0 heterocycles. The van der Waals surface area contributed by atoms with E-state index in [1.54, 1.807) is 18.2 Å². The Morgan fingerprint density at radius 3 is 2.31 bits per heavy atom. The third-order valence-electron chi connectivity index (χ3n) is 5.20. The summed E-state index contributed by atoms with van der Waals surface area (Å²) in [7, 11) is 3.98. The summed E-state index contributed by atoms with van der Waals surface area (Å²) in [6.07, 6.45) is 3.17. The summed E-state index contributed by atoms with van der Waals surface area (Å²) in [6, 6.07) is 21.6. The lowest BCUT2D eigenvalue weighted by Gasteiger charge is -2.20. The molecule has 182 valence electrons. The number of likely N-dealkylation sites (N-methyl/N-ethyl adjacent to an activating group) is 1. The summed E-state index contributed by atoms with van der Waals surface area (Å²) in [6.45, 7) is 1.44. The molecule has 5 N–H and O–H groups in total. The number of nitrogens with one attached hydrogen (secondary N) is 3. The minimum atomic E-state index is -0.527. The van der Waals surface area contributed by atoms with Crippen LogP contribution in [0.4, 0.5) is 17.1 Å². The van der Waals surface area contributed by atoms with Crippen LogP contribution in [0.2, 0.25) is 0 Å². The molecule has 0 saturated heterocycles. The Kier molecular flexibility index (Phi) is 9.60. The van der Waals surface area contributed by atoms with E-state index < -0.39 is 6.04 Å². The van der Waals surface area contributed by atoms with Gasteiger partial charge in [0, 0.05) is 29.3 Å². The predicted octanol–water partition coefficient (Wildman–Crippen LogP) is 4.51. The quantitative estimate of drug-likeness (QED) is 0.226. The van der Waals surface area contributed by atoms with E-state index in [1.165, 1.54) is 6.08 Å². The molecule has 0 bridgehead atoms. The summed E-state index contributed by atoms with van der Waals surface area (Å²) in [5.74, 6) is -0.418. The van der Waals surface area contributed by atoms with E-state index in [0.717, 1.165) is 27.8 Å². The molecule has 8 heteroatoms. The van der Waals surface area contributed by atoms with Crippen LogP contribution in [0.25, 0.3) is 6.08 Å². The molecule has 2 amide bonds. The third kappa shape index (κ3) is 8.36. The van der Waals surface area contributed by atoms with Crippen LogP contribution in [0.15, 0.2) is 83.3 Å². The maximum Gasteiger partial charge on any atom is 0.248 e. The molecule has 0 spiro atoms. The average Bonchev–Trinajstić information content (AvgIpc) is 2.84.